The number of carbonyl (C=O) groups excluding carboxylic acids is 1. The SMILES string of the molecule is O=C1NCCN1CCOc1ccc(CNC2CC2)cc1F. The molecule has 1 saturated carbocycles. The van der Waals surface area contributed by atoms with E-state index in [0.29, 0.717) is 38.8 Å². The maximum Gasteiger partial charge on any atom is 0.317 e. The van der Waals surface area contributed by atoms with Crippen molar-refractivity contribution < 1.29 is 13.9 Å². The highest BCUT2D eigenvalue weighted by molar-refractivity contribution is 5.76. The number of ether oxygens (including phenoxy) is 1. The van der Waals surface area contributed by atoms with Crippen molar-refractivity contribution in [3.63, 3.8) is 0 Å². The van der Waals surface area contributed by atoms with Gasteiger partial charge in [0.05, 0.1) is 6.54 Å². The molecule has 3 rings (SSSR count). The van der Waals surface area contributed by atoms with Crippen LogP contribution < -0.4 is 15.4 Å². The third kappa shape index (κ3) is 3.85. The second-order valence-corrected chi connectivity index (χ2v) is 5.49. The van der Waals surface area contributed by atoms with Crippen LogP contribution in [0.3, 0.4) is 0 Å². The zero-order valence-electron chi connectivity index (χ0n) is 11.9. The molecular weight excluding hydrogens is 273 g/mol. The Kier molecular flexibility index (Phi) is 4.24. The van der Waals surface area contributed by atoms with Crippen LogP contribution in [0.15, 0.2) is 18.2 Å². The highest BCUT2D eigenvalue weighted by Gasteiger charge is 2.20. The number of nitrogens with zero attached hydrogens (tertiary/aromatic N) is 1. The van der Waals surface area contributed by atoms with Gasteiger partial charge in [0.25, 0.3) is 0 Å². The Morgan fingerprint density at radius 2 is 2.29 bits per heavy atom. The number of urea groups is 1. The van der Waals surface area contributed by atoms with Crippen molar-refractivity contribution in [3.05, 3.63) is 29.6 Å². The second kappa shape index (κ2) is 6.30. The van der Waals surface area contributed by atoms with Crippen LogP contribution in [0.4, 0.5) is 9.18 Å². The molecule has 2 fully saturated rings. The topological polar surface area (TPSA) is 53.6 Å². The van der Waals surface area contributed by atoms with Crippen molar-refractivity contribution in [3.8, 4) is 5.75 Å². The van der Waals surface area contributed by atoms with Crippen LogP contribution in [0, 0.1) is 5.82 Å². The summed E-state index contributed by atoms with van der Waals surface area (Å²) in [5.41, 5.74) is 0.922. The van der Waals surface area contributed by atoms with E-state index in [1.807, 2.05) is 6.07 Å². The third-order valence-electron chi connectivity index (χ3n) is 3.73. The van der Waals surface area contributed by atoms with Gasteiger partial charge < -0.3 is 20.3 Å². The lowest BCUT2D eigenvalue weighted by atomic mass is 10.2. The monoisotopic (exact) mass is 293 g/mol. The minimum absolute atomic E-state index is 0.0828. The Labute approximate surface area is 123 Å². The molecule has 1 aromatic carbocycles. The van der Waals surface area contributed by atoms with E-state index in [-0.39, 0.29) is 17.6 Å². The molecule has 0 atom stereocenters. The van der Waals surface area contributed by atoms with Crippen molar-refractivity contribution in [2.75, 3.05) is 26.2 Å². The molecule has 21 heavy (non-hydrogen) atoms. The molecule has 0 radical (unpaired) electrons. The van der Waals surface area contributed by atoms with Crippen LogP contribution in [-0.4, -0.2) is 43.2 Å². The fourth-order valence-electron chi connectivity index (χ4n) is 2.31. The zero-order valence-corrected chi connectivity index (χ0v) is 11.9. The van der Waals surface area contributed by atoms with E-state index in [1.54, 1.807) is 11.0 Å². The molecule has 114 valence electrons. The van der Waals surface area contributed by atoms with E-state index in [0.717, 1.165) is 5.56 Å². The average Bonchev–Trinajstić information content (AvgIpc) is 3.22. The molecule has 1 aliphatic heterocycles. The molecule has 0 unspecified atom stereocenters. The molecule has 1 saturated heterocycles. The van der Waals surface area contributed by atoms with Gasteiger partial charge >= 0.3 is 6.03 Å². The molecule has 1 aliphatic carbocycles. The minimum Gasteiger partial charge on any atom is -0.489 e. The fraction of sp³-hybridized carbons (Fsp3) is 0.533. The molecule has 2 N–H and O–H groups in total. The Morgan fingerprint density at radius 1 is 1.43 bits per heavy atom. The van der Waals surface area contributed by atoms with E-state index in [1.165, 1.54) is 18.9 Å². The highest BCUT2D eigenvalue weighted by atomic mass is 19.1. The van der Waals surface area contributed by atoms with Crippen LogP contribution in [0.1, 0.15) is 18.4 Å². The van der Waals surface area contributed by atoms with Gasteiger partial charge in [-0.05, 0) is 30.5 Å². The Balaban J connectivity index is 1.47. The maximum atomic E-state index is 13.9. The summed E-state index contributed by atoms with van der Waals surface area (Å²) in [6, 6.07) is 5.56. The normalized spacial score (nSPS) is 18.0. The van der Waals surface area contributed by atoms with E-state index >= 15 is 0 Å². The Bertz CT molecular complexity index is 520. The fourth-order valence-corrected chi connectivity index (χ4v) is 2.31. The summed E-state index contributed by atoms with van der Waals surface area (Å²) in [6.07, 6.45) is 2.43. The third-order valence-corrected chi connectivity index (χ3v) is 3.73. The first-order valence-electron chi connectivity index (χ1n) is 7.40. The molecule has 6 heteroatoms. The summed E-state index contributed by atoms with van der Waals surface area (Å²) in [5.74, 6) is -0.110. The smallest absolute Gasteiger partial charge is 0.317 e. The van der Waals surface area contributed by atoms with Gasteiger partial charge in [0.2, 0.25) is 0 Å². The van der Waals surface area contributed by atoms with Crippen molar-refractivity contribution in [1.29, 1.82) is 0 Å². The first kappa shape index (κ1) is 14.1. The van der Waals surface area contributed by atoms with Gasteiger partial charge in [-0.2, -0.15) is 0 Å². The van der Waals surface area contributed by atoms with Gasteiger partial charge in [-0.15, -0.1) is 0 Å². The quantitative estimate of drug-likeness (QED) is 0.800. The number of amides is 2. The number of hydrogen-bond acceptors (Lipinski definition) is 3. The van der Waals surface area contributed by atoms with Crippen molar-refractivity contribution in [1.82, 2.24) is 15.5 Å². The molecule has 1 heterocycles. The lowest BCUT2D eigenvalue weighted by Gasteiger charge is -2.15. The number of rotatable bonds is 7. The lowest BCUT2D eigenvalue weighted by molar-refractivity contribution is 0.201. The number of benzene rings is 1. The summed E-state index contributed by atoms with van der Waals surface area (Å²) < 4.78 is 19.3. The van der Waals surface area contributed by atoms with Gasteiger partial charge in [-0.25, -0.2) is 9.18 Å². The molecule has 1 aromatic rings. The first-order valence-corrected chi connectivity index (χ1v) is 7.40. The predicted molar refractivity (Wildman–Crippen MR) is 76.7 cm³/mol. The van der Waals surface area contributed by atoms with Crippen LogP contribution >= 0.6 is 0 Å². The highest BCUT2D eigenvalue weighted by Crippen LogP contribution is 2.21. The standard InChI is InChI=1S/C15H20FN3O2/c16-13-9-11(10-18-12-2-3-12)1-4-14(13)21-8-7-19-6-5-17-15(19)20/h1,4,9,12,18H,2-3,5-8,10H2,(H,17,20). The summed E-state index contributed by atoms with van der Waals surface area (Å²) in [6.45, 7) is 2.79. The number of nitrogens with one attached hydrogen (secondary N) is 2. The van der Waals surface area contributed by atoms with Gasteiger partial charge in [0.1, 0.15) is 6.61 Å². The van der Waals surface area contributed by atoms with Crippen LogP contribution in [0.2, 0.25) is 0 Å². The summed E-state index contributed by atoms with van der Waals surface area (Å²) >= 11 is 0. The Hall–Kier alpha value is -1.82. The summed E-state index contributed by atoms with van der Waals surface area (Å²) in [5, 5.41) is 6.06. The van der Waals surface area contributed by atoms with Crippen molar-refractivity contribution >= 4 is 6.03 Å². The first-order chi connectivity index (χ1) is 10.2. The largest absolute Gasteiger partial charge is 0.489 e. The molecule has 2 aliphatic rings. The molecular formula is C15H20FN3O2. The summed E-state index contributed by atoms with van der Waals surface area (Å²) in [4.78, 5) is 13.0. The molecule has 5 nitrogen and oxygen atoms in total. The Morgan fingerprint density at radius 3 is 2.95 bits per heavy atom. The zero-order chi connectivity index (χ0) is 14.7. The number of hydrogen-bond donors (Lipinski definition) is 2. The van der Waals surface area contributed by atoms with Gasteiger partial charge in [-0.1, -0.05) is 6.07 Å². The van der Waals surface area contributed by atoms with Crippen molar-refractivity contribution in [2.24, 2.45) is 0 Å². The molecule has 0 aromatic heterocycles. The molecule has 0 spiro atoms. The predicted octanol–water partition coefficient (Wildman–Crippen LogP) is 1.48. The van der Waals surface area contributed by atoms with Crippen molar-refractivity contribution in [2.45, 2.75) is 25.4 Å². The van der Waals surface area contributed by atoms with E-state index in [2.05, 4.69) is 10.6 Å². The van der Waals surface area contributed by atoms with Crippen LogP contribution in [-0.2, 0) is 6.54 Å². The van der Waals surface area contributed by atoms with E-state index in [9.17, 15) is 9.18 Å². The number of halogens is 1. The van der Waals surface area contributed by atoms with Gasteiger partial charge in [0.15, 0.2) is 11.6 Å². The average molecular weight is 293 g/mol. The molecule has 0 bridgehead atoms. The second-order valence-electron chi connectivity index (χ2n) is 5.49. The molecule has 2 amide bonds. The number of carbonyl (C=O) groups is 1. The van der Waals surface area contributed by atoms with Gasteiger partial charge in [0, 0.05) is 25.7 Å². The minimum atomic E-state index is -0.351. The lowest BCUT2D eigenvalue weighted by Crippen LogP contribution is -2.31. The van der Waals surface area contributed by atoms with E-state index < -0.39 is 0 Å². The van der Waals surface area contributed by atoms with Crippen LogP contribution in [0.5, 0.6) is 5.75 Å². The van der Waals surface area contributed by atoms with Crippen LogP contribution in [0.25, 0.3) is 0 Å². The van der Waals surface area contributed by atoms with E-state index in [4.69, 9.17) is 4.74 Å². The summed E-state index contributed by atoms with van der Waals surface area (Å²) in [7, 11) is 0. The van der Waals surface area contributed by atoms with Gasteiger partial charge in [-0.3, -0.25) is 0 Å². The maximum absolute atomic E-state index is 13.9.